The van der Waals surface area contributed by atoms with E-state index in [1.807, 2.05) is 18.5 Å². The van der Waals surface area contributed by atoms with Crippen LogP contribution in [-0.2, 0) is 17.6 Å². The molecule has 6 nitrogen and oxygen atoms in total. The number of fused-ring (bicyclic) bond motifs is 1. The lowest BCUT2D eigenvalue weighted by Gasteiger charge is -2.38. The van der Waals surface area contributed by atoms with Gasteiger partial charge in [0.1, 0.15) is 6.04 Å². The number of aromatic nitrogens is 3. The van der Waals surface area contributed by atoms with E-state index < -0.39 is 0 Å². The first-order valence-corrected chi connectivity index (χ1v) is 9.47. The van der Waals surface area contributed by atoms with Gasteiger partial charge in [0.2, 0.25) is 5.91 Å². The van der Waals surface area contributed by atoms with Gasteiger partial charge in [-0.05, 0) is 51.8 Å². The van der Waals surface area contributed by atoms with Crippen molar-refractivity contribution in [3.05, 3.63) is 47.8 Å². The van der Waals surface area contributed by atoms with E-state index in [4.69, 9.17) is 0 Å². The molecule has 1 aliphatic rings. The van der Waals surface area contributed by atoms with Crippen LogP contribution in [0, 0.1) is 0 Å². The molecular formula is C20H29N5O. The highest BCUT2D eigenvalue weighted by molar-refractivity contribution is 5.83. The summed E-state index contributed by atoms with van der Waals surface area (Å²) >= 11 is 0. The number of imidazole rings is 1. The number of nitrogens with one attached hydrogen (secondary N) is 1. The fraction of sp³-hybridized carbons (Fsp3) is 0.550. The zero-order valence-corrected chi connectivity index (χ0v) is 16.1. The van der Waals surface area contributed by atoms with Gasteiger partial charge in [0.25, 0.3) is 0 Å². The molecule has 3 rings (SSSR count). The van der Waals surface area contributed by atoms with E-state index in [1.165, 1.54) is 5.56 Å². The lowest BCUT2D eigenvalue weighted by molar-refractivity contribution is -0.128. The van der Waals surface area contributed by atoms with Gasteiger partial charge in [-0.15, -0.1) is 0 Å². The fourth-order valence-corrected chi connectivity index (χ4v) is 3.64. The van der Waals surface area contributed by atoms with Gasteiger partial charge in [0.15, 0.2) is 0 Å². The summed E-state index contributed by atoms with van der Waals surface area (Å²) in [4.78, 5) is 24.0. The number of carbonyl (C=O) groups excluding carboxylic acids is 1. The number of hydrogen-bond donors (Lipinski definition) is 1. The zero-order valence-electron chi connectivity index (χ0n) is 16.1. The van der Waals surface area contributed by atoms with E-state index in [0.717, 1.165) is 30.8 Å². The van der Waals surface area contributed by atoms with E-state index in [9.17, 15) is 4.79 Å². The van der Waals surface area contributed by atoms with Crippen molar-refractivity contribution in [2.24, 2.45) is 0 Å². The van der Waals surface area contributed by atoms with Crippen LogP contribution >= 0.6 is 0 Å². The Kier molecular flexibility index (Phi) is 5.71. The molecular weight excluding hydrogens is 326 g/mol. The number of amides is 1. The molecule has 3 heterocycles. The molecule has 0 radical (unpaired) electrons. The predicted molar refractivity (Wildman–Crippen MR) is 102 cm³/mol. The molecule has 1 N–H and O–H groups in total. The summed E-state index contributed by atoms with van der Waals surface area (Å²) in [7, 11) is 0. The van der Waals surface area contributed by atoms with Crippen LogP contribution in [-0.4, -0.2) is 44.5 Å². The van der Waals surface area contributed by atoms with Gasteiger partial charge in [0, 0.05) is 44.0 Å². The number of rotatable bonds is 6. The summed E-state index contributed by atoms with van der Waals surface area (Å²) in [5.74, 6) is 0.0658. The molecule has 0 saturated heterocycles. The van der Waals surface area contributed by atoms with Crippen molar-refractivity contribution < 1.29 is 4.79 Å². The Hall–Kier alpha value is -2.21. The van der Waals surface area contributed by atoms with Crippen molar-refractivity contribution in [2.75, 3.05) is 13.1 Å². The molecule has 26 heavy (non-hydrogen) atoms. The Morgan fingerprint density at radius 3 is 2.62 bits per heavy atom. The van der Waals surface area contributed by atoms with Gasteiger partial charge in [-0.2, -0.15) is 0 Å². The first kappa shape index (κ1) is 18.6. The van der Waals surface area contributed by atoms with Crippen molar-refractivity contribution in [2.45, 2.75) is 58.7 Å². The van der Waals surface area contributed by atoms with E-state index in [2.05, 4.69) is 52.4 Å². The summed E-state index contributed by atoms with van der Waals surface area (Å²) in [6, 6.07) is 4.28. The molecule has 6 heteroatoms. The van der Waals surface area contributed by atoms with E-state index in [0.29, 0.717) is 12.6 Å². The summed E-state index contributed by atoms with van der Waals surface area (Å²) in [5, 5.41) is 3.14. The Labute approximate surface area is 155 Å². The quantitative estimate of drug-likeness (QED) is 0.865. The van der Waals surface area contributed by atoms with Crippen molar-refractivity contribution in [3.8, 4) is 0 Å². The fourth-order valence-electron chi connectivity index (χ4n) is 3.64. The molecule has 1 unspecified atom stereocenters. The Bertz CT molecular complexity index is 738. The van der Waals surface area contributed by atoms with Crippen molar-refractivity contribution in [1.29, 1.82) is 0 Å². The number of carbonyl (C=O) groups is 1. The topological polar surface area (TPSA) is 63.1 Å². The maximum Gasteiger partial charge on any atom is 0.243 e. The third-order valence-electron chi connectivity index (χ3n) is 5.04. The van der Waals surface area contributed by atoms with E-state index in [1.54, 1.807) is 12.4 Å². The monoisotopic (exact) mass is 355 g/mol. The lowest BCUT2D eigenvalue weighted by atomic mass is 9.99. The molecule has 0 spiro atoms. The second-order valence-electron chi connectivity index (χ2n) is 7.46. The minimum atomic E-state index is -0.277. The average Bonchev–Trinajstić information content (AvgIpc) is 3.06. The summed E-state index contributed by atoms with van der Waals surface area (Å²) in [6.45, 7) is 10.1. The van der Waals surface area contributed by atoms with Gasteiger partial charge >= 0.3 is 0 Å². The van der Waals surface area contributed by atoms with Gasteiger partial charge in [-0.1, -0.05) is 0 Å². The van der Waals surface area contributed by atoms with Crippen LogP contribution in [0.3, 0.4) is 0 Å². The standard InChI is InChI=1S/C20H29N5O/c1-14(2)24-12-8-17-18(25(13-23-17)15(3)4)19(24)20(26)22-11-7-16-5-9-21-10-6-16/h5-6,9-10,13-15,19H,7-8,11-12H2,1-4H3,(H,22,26). The van der Waals surface area contributed by atoms with Gasteiger partial charge < -0.3 is 9.88 Å². The first-order chi connectivity index (χ1) is 12.5. The van der Waals surface area contributed by atoms with Crippen LogP contribution in [0.25, 0.3) is 0 Å². The maximum absolute atomic E-state index is 13.1. The van der Waals surface area contributed by atoms with Gasteiger partial charge in [-0.25, -0.2) is 4.98 Å². The number of pyridine rings is 1. The summed E-state index contributed by atoms with van der Waals surface area (Å²) in [5.41, 5.74) is 3.30. The van der Waals surface area contributed by atoms with Crippen molar-refractivity contribution in [3.63, 3.8) is 0 Å². The minimum Gasteiger partial charge on any atom is -0.354 e. The molecule has 0 aliphatic carbocycles. The lowest BCUT2D eigenvalue weighted by Crippen LogP contribution is -2.48. The SMILES string of the molecule is CC(C)N1CCc2ncn(C(C)C)c2C1C(=O)NCCc1ccncc1. The van der Waals surface area contributed by atoms with Crippen LogP contribution in [0.1, 0.15) is 56.7 Å². The molecule has 0 bridgehead atoms. The molecule has 1 aliphatic heterocycles. The van der Waals surface area contributed by atoms with E-state index in [-0.39, 0.29) is 18.0 Å². The van der Waals surface area contributed by atoms with Crippen LogP contribution in [0.5, 0.6) is 0 Å². The maximum atomic E-state index is 13.1. The van der Waals surface area contributed by atoms with Crippen LogP contribution in [0.15, 0.2) is 30.9 Å². The third kappa shape index (κ3) is 3.80. The highest BCUT2D eigenvalue weighted by atomic mass is 16.2. The van der Waals surface area contributed by atoms with Crippen LogP contribution < -0.4 is 5.32 Å². The largest absolute Gasteiger partial charge is 0.354 e. The second kappa shape index (κ2) is 7.99. The molecule has 0 aromatic carbocycles. The molecule has 2 aromatic heterocycles. The Morgan fingerprint density at radius 2 is 1.96 bits per heavy atom. The van der Waals surface area contributed by atoms with Crippen LogP contribution in [0.2, 0.25) is 0 Å². The Balaban J connectivity index is 1.78. The molecule has 1 atom stereocenters. The molecule has 1 amide bonds. The molecule has 140 valence electrons. The van der Waals surface area contributed by atoms with E-state index >= 15 is 0 Å². The highest BCUT2D eigenvalue weighted by Crippen LogP contribution is 2.32. The predicted octanol–water partition coefficient (Wildman–Crippen LogP) is 2.53. The van der Waals surface area contributed by atoms with Crippen molar-refractivity contribution in [1.82, 2.24) is 24.8 Å². The highest BCUT2D eigenvalue weighted by Gasteiger charge is 2.37. The van der Waals surface area contributed by atoms with Crippen molar-refractivity contribution >= 4 is 5.91 Å². The first-order valence-electron chi connectivity index (χ1n) is 9.47. The van der Waals surface area contributed by atoms with Gasteiger partial charge in [0.05, 0.1) is 17.7 Å². The normalized spacial score (nSPS) is 17.5. The third-order valence-corrected chi connectivity index (χ3v) is 5.04. The molecule has 2 aromatic rings. The zero-order chi connectivity index (χ0) is 18.7. The smallest absolute Gasteiger partial charge is 0.243 e. The van der Waals surface area contributed by atoms with Gasteiger partial charge in [-0.3, -0.25) is 14.7 Å². The average molecular weight is 355 g/mol. The molecule has 0 saturated carbocycles. The summed E-state index contributed by atoms with van der Waals surface area (Å²) in [6.07, 6.45) is 7.15. The number of nitrogens with zero attached hydrogens (tertiary/aromatic N) is 4. The summed E-state index contributed by atoms with van der Waals surface area (Å²) < 4.78 is 2.15. The van der Waals surface area contributed by atoms with Crippen LogP contribution in [0.4, 0.5) is 0 Å². The molecule has 0 fully saturated rings. The Morgan fingerprint density at radius 1 is 1.23 bits per heavy atom. The second-order valence-corrected chi connectivity index (χ2v) is 7.46. The minimum absolute atomic E-state index is 0.0658. The number of hydrogen-bond acceptors (Lipinski definition) is 4.